The van der Waals surface area contributed by atoms with Crippen molar-refractivity contribution < 1.29 is 9.53 Å². The van der Waals surface area contributed by atoms with E-state index in [0.29, 0.717) is 10.6 Å². The first-order valence-corrected chi connectivity index (χ1v) is 5.41. The van der Waals surface area contributed by atoms with E-state index in [1.807, 2.05) is 0 Å². The van der Waals surface area contributed by atoms with Crippen LogP contribution < -0.4 is 5.73 Å². The van der Waals surface area contributed by atoms with E-state index in [2.05, 4.69) is 0 Å². The Kier molecular flexibility index (Phi) is 3.94. The van der Waals surface area contributed by atoms with E-state index in [0.717, 1.165) is 0 Å². The van der Waals surface area contributed by atoms with Gasteiger partial charge in [-0.3, -0.25) is 0 Å². The van der Waals surface area contributed by atoms with Crippen LogP contribution in [-0.2, 0) is 9.53 Å². The summed E-state index contributed by atoms with van der Waals surface area (Å²) in [7, 11) is 0. The Labute approximate surface area is 101 Å². The summed E-state index contributed by atoms with van der Waals surface area (Å²) in [5.41, 5.74) is 5.90. The molecule has 0 spiro atoms. The first-order valence-electron chi connectivity index (χ1n) is 5.03. The molecule has 0 aliphatic rings. The molecule has 1 rings (SSSR count). The zero-order chi connectivity index (χ0) is 12.3. The van der Waals surface area contributed by atoms with Gasteiger partial charge in [0.1, 0.15) is 11.6 Å². The molecule has 1 aromatic carbocycles. The van der Waals surface area contributed by atoms with E-state index in [1.165, 1.54) is 0 Å². The van der Waals surface area contributed by atoms with Gasteiger partial charge in [0.05, 0.1) is 0 Å². The molecule has 0 unspecified atom stereocenters. The van der Waals surface area contributed by atoms with Gasteiger partial charge in [0.25, 0.3) is 0 Å². The van der Waals surface area contributed by atoms with Gasteiger partial charge in [-0.1, -0.05) is 23.7 Å². The van der Waals surface area contributed by atoms with Crippen LogP contribution in [-0.4, -0.2) is 11.6 Å². The maximum atomic E-state index is 11.7. The summed E-state index contributed by atoms with van der Waals surface area (Å²) in [4.78, 5) is 11.7. The van der Waals surface area contributed by atoms with Gasteiger partial charge in [-0.25, -0.2) is 4.79 Å². The molecule has 3 nitrogen and oxygen atoms in total. The van der Waals surface area contributed by atoms with Crippen LogP contribution in [0.15, 0.2) is 24.3 Å². The maximum Gasteiger partial charge on any atom is 0.328 e. The maximum absolute atomic E-state index is 11.7. The molecular weight excluding hydrogens is 226 g/mol. The van der Waals surface area contributed by atoms with Gasteiger partial charge in [0.15, 0.2) is 0 Å². The third-order valence-electron chi connectivity index (χ3n) is 1.87. The molecule has 0 saturated heterocycles. The number of hydrogen-bond acceptors (Lipinski definition) is 3. The fourth-order valence-electron chi connectivity index (χ4n) is 1.20. The summed E-state index contributed by atoms with van der Waals surface area (Å²) in [5.74, 6) is -0.449. The normalized spacial score (nSPS) is 13.3. The smallest absolute Gasteiger partial charge is 0.328 e. The molecule has 0 heterocycles. The minimum Gasteiger partial charge on any atom is -0.459 e. The average molecular weight is 242 g/mol. The molecule has 0 aliphatic heterocycles. The molecule has 0 saturated carbocycles. The molecule has 2 N–H and O–H groups in total. The predicted octanol–water partition coefficient (Wildman–Crippen LogP) is 2.68. The van der Waals surface area contributed by atoms with Crippen molar-refractivity contribution in [3.05, 3.63) is 34.9 Å². The lowest BCUT2D eigenvalue weighted by atomic mass is 10.1. The van der Waals surface area contributed by atoms with E-state index in [1.54, 1.807) is 45.0 Å². The average Bonchev–Trinajstić information content (AvgIpc) is 2.14. The zero-order valence-electron chi connectivity index (χ0n) is 9.66. The number of hydrogen-bond donors (Lipinski definition) is 1. The van der Waals surface area contributed by atoms with Gasteiger partial charge >= 0.3 is 5.97 Å². The fourth-order valence-corrected chi connectivity index (χ4v) is 1.40. The van der Waals surface area contributed by atoms with Crippen LogP contribution in [0.2, 0.25) is 5.02 Å². The van der Waals surface area contributed by atoms with Gasteiger partial charge in [0.2, 0.25) is 0 Å². The highest BCUT2D eigenvalue weighted by Crippen LogP contribution is 2.19. The van der Waals surface area contributed by atoms with Gasteiger partial charge in [-0.2, -0.15) is 0 Å². The second-order valence-electron chi connectivity index (χ2n) is 4.57. The van der Waals surface area contributed by atoms with Crippen LogP contribution in [0.1, 0.15) is 32.4 Å². The van der Waals surface area contributed by atoms with Gasteiger partial charge in [-0.05, 0) is 38.5 Å². The third kappa shape index (κ3) is 3.83. The number of ether oxygens (including phenoxy) is 1. The van der Waals surface area contributed by atoms with Crippen molar-refractivity contribution in [2.24, 2.45) is 5.73 Å². The summed E-state index contributed by atoms with van der Waals surface area (Å²) in [5, 5.41) is 0.552. The molecule has 1 atom stereocenters. The SMILES string of the molecule is CC(C)(C)OC(=O)[C@@H](N)c1cccc(Cl)c1. The molecule has 0 aromatic heterocycles. The van der Waals surface area contributed by atoms with E-state index in [4.69, 9.17) is 22.1 Å². The number of nitrogens with two attached hydrogens (primary N) is 1. The molecule has 0 radical (unpaired) electrons. The van der Waals surface area contributed by atoms with Gasteiger partial charge in [-0.15, -0.1) is 0 Å². The summed E-state index contributed by atoms with van der Waals surface area (Å²) in [6.07, 6.45) is 0. The van der Waals surface area contributed by atoms with Crippen LogP contribution in [0.4, 0.5) is 0 Å². The Balaban J connectivity index is 2.78. The summed E-state index contributed by atoms with van der Waals surface area (Å²) < 4.78 is 5.19. The van der Waals surface area contributed by atoms with Gasteiger partial charge < -0.3 is 10.5 Å². The number of carbonyl (C=O) groups excluding carboxylic acids is 1. The Hall–Kier alpha value is -1.06. The van der Waals surface area contributed by atoms with E-state index in [9.17, 15) is 4.79 Å². The second kappa shape index (κ2) is 4.85. The quantitative estimate of drug-likeness (QED) is 0.810. The Bertz CT molecular complexity index is 385. The number of carbonyl (C=O) groups is 1. The number of benzene rings is 1. The van der Waals surface area contributed by atoms with E-state index >= 15 is 0 Å². The van der Waals surface area contributed by atoms with Gasteiger partial charge in [0, 0.05) is 5.02 Å². The third-order valence-corrected chi connectivity index (χ3v) is 2.10. The van der Waals surface area contributed by atoms with Crippen molar-refractivity contribution in [1.82, 2.24) is 0 Å². The standard InChI is InChI=1S/C12H16ClNO2/c1-12(2,3)16-11(15)10(14)8-5-4-6-9(13)7-8/h4-7,10H,14H2,1-3H3/t10-/m0/s1. The summed E-state index contributed by atoms with van der Waals surface area (Å²) in [6.45, 7) is 5.40. The number of rotatable bonds is 2. The fraction of sp³-hybridized carbons (Fsp3) is 0.417. The van der Waals surface area contributed by atoms with Crippen LogP contribution >= 0.6 is 11.6 Å². The minimum absolute atomic E-state index is 0.449. The lowest BCUT2D eigenvalue weighted by Crippen LogP contribution is -2.31. The largest absolute Gasteiger partial charge is 0.459 e. The summed E-state index contributed by atoms with van der Waals surface area (Å²) in [6, 6.07) is 6.10. The molecular formula is C12H16ClNO2. The van der Waals surface area contributed by atoms with E-state index < -0.39 is 17.6 Å². The Morgan fingerprint density at radius 2 is 2.06 bits per heavy atom. The highest BCUT2D eigenvalue weighted by Gasteiger charge is 2.23. The lowest BCUT2D eigenvalue weighted by molar-refractivity contribution is -0.156. The molecule has 0 amide bonds. The molecule has 4 heteroatoms. The number of esters is 1. The van der Waals surface area contributed by atoms with Crippen LogP contribution in [0.5, 0.6) is 0 Å². The van der Waals surface area contributed by atoms with Crippen molar-refractivity contribution in [2.75, 3.05) is 0 Å². The Morgan fingerprint density at radius 3 is 2.56 bits per heavy atom. The molecule has 0 bridgehead atoms. The van der Waals surface area contributed by atoms with Crippen molar-refractivity contribution in [3.63, 3.8) is 0 Å². The predicted molar refractivity (Wildman–Crippen MR) is 64.2 cm³/mol. The molecule has 0 aliphatic carbocycles. The monoisotopic (exact) mass is 241 g/mol. The molecule has 88 valence electrons. The first kappa shape index (κ1) is 13.0. The topological polar surface area (TPSA) is 52.3 Å². The molecule has 0 fully saturated rings. The summed E-state index contributed by atoms with van der Waals surface area (Å²) >= 11 is 5.82. The Morgan fingerprint density at radius 1 is 1.44 bits per heavy atom. The first-order chi connectivity index (χ1) is 7.29. The van der Waals surface area contributed by atoms with Crippen molar-refractivity contribution >= 4 is 17.6 Å². The zero-order valence-corrected chi connectivity index (χ0v) is 10.4. The highest BCUT2D eigenvalue weighted by atomic mass is 35.5. The molecule has 16 heavy (non-hydrogen) atoms. The van der Waals surface area contributed by atoms with Crippen LogP contribution in [0.3, 0.4) is 0 Å². The van der Waals surface area contributed by atoms with Crippen molar-refractivity contribution in [3.8, 4) is 0 Å². The van der Waals surface area contributed by atoms with Crippen LogP contribution in [0.25, 0.3) is 0 Å². The van der Waals surface area contributed by atoms with Crippen molar-refractivity contribution in [2.45, 2.75) is 32.4 Å². The molecule has 1 aromatic rings. The highest BCUT2D eigenvalue weighted by molar-refractivity contribution is 6.30. The van der Waals surface area contributed by atoms with E-state index in [-0.39, 0.29) is 0 Å². The lowest BCUT2D eigenvalue weighted by Gasteiger charge is -2.22. The second-order valence-corrected chi connectivity index (χ2v) is 5.00. The number of halogens is 1. The van der Waals surface area contributed by atoms with Crippen molar-refractivity contribution in [1.29, 1.82) is 0 Å². The minimum atomic E-state index is -0.794. The van der Waals surface area contributed by atoms with Crippen LogP contribution in [0, 0.1) is 0 Å².